The monoisotopic (exact) mass is 376 g/mol. The standard InChI is InChI=1S/C19H24N4O2.ClH/c24-16(23-11-18(12-23)10-20-17(25)22-18)19(8-13-4-2-1-3-5-13)9-14-6-7-15(19)21-14;/h1-5,14-15,21H,6-12H2,(H2,20,22,25);1H/t14-,15+,19+;/m0./s1. The Morgan fingerprint density at radius 2 is 1.96 bits per heavy atom. The average Bonchev–Trinajstić information content (AvgIpc) is 3.28. The second-order valence-corrected chi connectivity index (χ2v) is 8.27. The Labute approximate surface area is 159 Å². The van der Waals surface area contributed by atoms with Gasteiger partial charge in [-0.15, -0.1) is 12.4 Å². The van der Waals surface area contributed by atoms with Crippen LogP contribution in [0.5, 0.6) is 0 Å². The summed E-state index contributed by atoms with van der Waals surface area (Å²) < 4.78 is 0. The predicted molar refractivity (Wildman–Crippen MR) is 100 cm³/mol. The summed E-state index contributed by atoms with van der Waals surface area (Å²) in [6.07, 6.45) is 3.99. The second kappa shape index (κ2) is 6.13. The molecule has 140 valence electrons. The summed E-state index contributed by atoms with van der Waals surface area (Å²) in [6.45, 7) is 1.86. The van der Waals surface area contributed by atoms with Crippen molar-refractivity contribution in [3.8, 4) is 0 Å². The first-order valence-corrected chi connectivity index (χ1v) is 9.24. The number of rotatable bonds is 3. The molecule has 1 spiro atoms. The van der Waals surface area contributed by atoms with Crippen LogP contribution in [0.15, 0.2) is 30.3 Å². The van der Waals surface area contributed by atoms with Crippen molar-refractivity contribution in [2.75, 3.05) is 19.6 Å². The molecule has 26 heavy (non-hydrogen) atoms. The van der Waals surface area contributed by atoms with E-state index in [0.717, 1.165) is 19.3 Å². The van der Waals surface area contributed by atoms with Crippen molar-refractivity contribution < 1.29 is 9.59 Å². The largest absolute Gasteiger partial charge is 0.337 e. The number of hydrogen-bond acceptors (Lipinski definition) is 3. The van der Waals surface area contributed by atoms with E-state index in [4.69, 9.17) is 0 Å². The van der Waals surface area contributed by atoms with Gasteiger partial charge in [0, 0.05) is 31.7 Å². The number of benzene rings is 1. The third-order valence-corrected chi connectivity index (χ3v) is 6.55. The van der Waals surface area contributed by atoms with Crippen molar-refractivity contribution in [3.63, 3.8) is 0 Å². The van der Waals surface area contributed by atoms with E-state index in [1.165, 1.54) is 12.0 Å². The van der Waals surface area contributed by atoms with Gasteiger partial charge in [-0.05, 0) is 31.2 Å². The molecule has 0 unspecified atom stereocenters. The predicted octanol–water partition coefficient (Wildman–Crippen LogP) is 1.06. The lowest BCUT2D eigenvalue weighted by molar-refractivity contribution is -0.151. The molecule has 7 heteroatoms. The molecule has 3 N–H and O–H groups in total. The molecule has 3 amide bonds. The zero-order chi connectivity index (χ0) is 17.1. The van der Waals surface area contributed by atoms with Gasteiger partial charge >= 0.3 is 6.03 Å². The fraction of sp³-hybridized carbons (Fsp3) is 0.579. The van der Waals surface area contributed by atoms with Crippen molar-refractivity contribution in [1.29, 1.82) is 0 Å². The van der Waals surface area contributed by atoms with Crippen molar-refractivity contribution in [2.45, 2.75) is 43.3 Å². The van der Waals surface area contributed by atoms with Crippen molar-refractivity contribution >= 4 is 24.3 Å². The van der Waals surface area contributed by atoms with E-state index < -0.39 is 0 Å². The molecule has 4 aliphatic rings. The first kappa shape index (κ1) is 17.6. The van der Waals surface area contributed by atoms with Gasteiger partial charge in [-0.2, -0.15) is 0 Å². The summed E-state index contributed by atoms with van der Waals surface area (Å²) in [5.74, 6) is 0.267. The summed E-state index contributed by atoms with van der Waals surface area (Å²) in [5, 5.41) is 9.46. The van der Waals surface area contributed by atoms with Gasteiger partial charge in [-0.1, -0.05) is 30.3 Å². The minimum absolute atomic E-state index is 0. The topological polar surface area (TPSA) is 73.5 Å². The molecular weight excluding hydrogens is 352 g/mol. The number of urea groups is 1. The van der Waals surface area contributed by atoms with E-state index in [1.807, 2.05) is 23.1 Å². The van der Waals surface area contributed by atoms with Crippen LogP contribution >= 0.6 is 12.4 Å². The number of carbonyl (C=O) groups excluding carboxylic acids is 2. The third kappa shape index (κ3) is 2.58. The number of nitrogens with zero attached hydrogens (tertiary/aromatic N) is 1. The molecule has 0 aliphatic carbocycles. The number of hydrogen-bond donors (Lipinski definition) is 3. The van der Waals surface area contributed by atoms with E-state index in [1.54, 1.807) is 0 Å². The highest BCUT2D eigenvalue weighted by molar-refractivity contribution is 5.87. The molecule has 6 nitrogen and oxygen atoms in total. The lowest BCUT2D eigenvalue weighted by Gasteiger charge is -2.51. The summed E-state index contributed by atoms with van der Waals surface area (Å²) >= 11 is 0. The maximum atomic E-state index is 13.5. The van der Waals surface area contributed by atoms with E-state index in [9.17, 15) is 9.59 Å². The number of likely N-dealkylation sites (tertiary alicyclic amines) is 1. The van der Waals surface area contributed by atoms with Gasteiger partial charge in [0.1, 0.15) is 0 Å². The van der Waals surface area contributed by atoms with Crippen LogP contribution in [0, 0.1) is 5.41 Å². The van der Waals surface area contributed by atoms with Crippen LogP contribution in [0.25, 0.3) is 0 Å². The van der Waals surface area contributed by atoms with E-state index >= 15 is 0 Å². The van der Waals surface area contributed by atoms with Crippen molar-refractivity contribution in [2.24, 2.45) is 5.41 Å². The molecule has 3 atom stereocenters. The summed E-state index contributed by atoms with van der Waals surface area (Å²) in [4.78, 5) is 26.9. The van der Waals surface area contributed by atoms with Gasteiger partial charge in [0.25, 0.3) is 0 Å². The number of amides is 3. The molecule has 4 heterocycles. The molecule has 0 radical (unpaired) electrons. The Morgan fingerprint density at radius 1 is 1.19 bits per heavy atom. The summed E-state index contributed by atoms with van der Waals surface area (Å²) in [7, 11) is 0. The van der Waals surface area contributed by atoms with Crippen LogP contribution in [-0.2, 0) is 11.2 Å². The maximum Gasteiger partial charge on any atom is 0.315 e. The summed E-state index contributed by atoms with van der Waals surface area (Å²) in [6, 6.07) is 11.0. The Morgan fingerprint density at radius 3 is 2.54 bits per heavy atom. The summed E-state index contributed by atoms with van der Waals surface area (Å²) in [5.41, 5.74) is 0.657. The lowest BCUT2D eigenvalue weighted by atomic mass is 9.68. The molecular formula is C19H25ClN4O2. The maximum absolute atomic E-state index is 13.5. The molecule has 1 aromatic carbocycles. The van der Waals surface area contributed by atoms with Crippen LogP contribution in [-0.4, -0.2) is 54.1 Å². The molecule has 4 aliphatic heterocycles. The third-order valence-electron chi connectivity index (χ3n) is 6.55. The SMILES string of the molecule is Cl.O=C1NCC2(CN(C(=O)[C@]3(Cc4ccccc4)C[C@@H]4CC[C@H]3N4)C2)N1. The van der Waals surface area contributed by atoms with E-state index in [0.29, 0.717) is 25.7 Å². The van der Waals surface area contributed by atoms with Gasteiger partial charge in [-0.25, -0.2) is 4.79 Å². The van der Waals surface area contributed by atoms with E-state index in [-0.39, 0.29) is 41.3 Å². The highest BCUT2D eigenvalue weighted by Crippen LogP contribution is 2.48. The number of fused-ring (bicyclic) bond motifs is 2. The quantitative estimate of drug-likeness (QED) is 0.738. The van der Waals surface area contributed by atoms with Gasteiger partial charge < -0.3 is 20.9 Å². The Hall–Kier alpha value is -1.79. The first-order chi connectivity index (χ1) is 12.1. The number of carbonyl (C=O) groups is 2. The molecule has 5 rings (SSSR count). The van der Waals surface area contributed by atoms with Crippen LogP contribution in [0.2, 0.25) is 0 Å². The lowest BCUT2D eigenvalue weighted by Crippen LogP contribution is -2.72. The second-order valence-electron chi connectivity index (χ2n) is 8.27. The van der Waals surface area contributed by atoms with Crippen LogP contribution < -0.4 is 16.0 Å². The van der Waals surface area contributed by atoms with Gasteiger partial charge in [0.15, 0.2) is 0 Å². The zero-order valence-electron chi connectivity index (χ0n) is 14.7. The number of nitrogens with one attached hydrogen (secondary N) is 3. The van der Waals surface area contributed by atoms with Crippen LogP contribution in [0.3, 0.4) is 0 Å². The van der Waals surface area contributed by atoms with Crippen molar-refractivity contribution in [1.82, 2.24) is 20.9 Å². The Balaban J connectivity index is 0.00000168. The van der Waals surface area contributed by atoms with Gasteiger partial charge in [-0.3, -0.25) is 4.79 Å². The smallest absolute Gasteiger partial charge is 0.315 e. The first-order valence-electron chi connectivity index (χ1n) is 9.24. The van der Waals surface area contributed by atoms with Crippen LogP contribution in [0.1, 0.15) is 24.8 Å². The fourth-order valence-electron chi connectivity index (χ4n) is 5.38. The van der Waals surface area contributed by atoms with Crippen LogP contribution in [0.4, 0.5) is 4.79 Å². The fourth-order valence-corrected chi connectivity index (χ4v) is 5.38. The minimum Gasteiger partial charge on any atom is -0.337 e. The Bertz CT molecular complexity index is 722. The zero-order valence-corrected chi connectivity index (χ0v) is 15.5. The molecule has 0 aromatic heterocycles. The molecule has 0 saturated carbocycles. The average molecular weight is 377 g/mol. The molecule has 2 bridgehead atoms. The molecule has 4 saturated heterocycles. The van der Waals surface area contributed by atoms with Gasteiger partial charge in [0.2, 0.25) is 5.91 Å². The Kier molecular flexibility index (Phi) is 4.15. The molecule has 4 fully saturated rings. The highest BCUT2D eigenvalue weighted by atomic mass is 35.5. The van der Waals surface area contributed by atoms with E-state index in [2.05, 4.69) is 28.1 Å². The molecule has 1 aromatic rings. The minimum atomic E-state index is -0.331. The van der Waals surface area contributed by atoms with Gasteiger partial charge in [0.05, 0.1) is 11.0 Å². The number of halogens is 1. The highest BCUT2D eigenvalue weighted by Gasteiger charge is 2.60. The van der Waals surface area contributed by atoms with Crippen molar-refractivity contribution in [3.05, 3.63) is 35.9 Å². The normalized spacial score (nSPS) is 33.4.